The first-order valence-corrected chi connectivity index (χ1v) is 9.05. The van der Waals surface area contributed by atoms with Gasteiger partial charge in [0.1, 0.15) is 11.7 Å². The van der Waals surface area contributed by atoms with Crippen molar-refractivity contribution in [1.82, 2.24) is 10.2 Å². The van der Waals surface area contributed by atoms with Crippen molar-refractivity contribution in [3.05, 3.63) is 54.0 Å². The summed E-state index contributed by atoms with van der Waals surface area (Å²) >= 11 is 0. The third-order valence-electron chi connectivity index (χ3n) is 4.54. The molecule has 0 aromatic heterocycles. The van der Waals surface area contributed by atoms with Crippen LogP contribution in [0.25, 0.3) is 0 Å². The number of hydrogen-bond donors (Lipinski definition) is 3. The average Bonchev–Trinajstić information content (AvgIpc) is 2.98. The van der Waals surface area contributed by atoms with E-state index >= 15 is 0 Å². The number of nitrogens with zero attached hydrogens (tertiary/aromatic N) is 2. The van der Waals surface area contributed by atoms with Gasteiger partial charge in [0, 0.05) is 36.1 Å². The summed E-state index contributed by atoms with van der Waals surface area (Å²) in [5, 5.41) is 5.67. The zero-order valence-corrected chi connectivity index (χ0v) is 16.1. The molecule has 0 saturated carbocycles. The standard InChI is InChI=1S/C20H27N5O2/c1-5-17(6-2)25-18(26)11-15(12-21)19(25)24-13(3)23-16-9-7-14(8-10-16)20(27)22-4/h7-10,12,17,23H,3,5-6,11,21H2,1-2,4H3,(H,22,27)/b15-12-,24-19+. The third-order valence-corrected chi connectivity index (χ3v) is 4.54. The molecule has 27 heavy (non-hydrogen) atoms. The van der Waals surface area contributed by atoms with E-state index in [-0.39, 0.29) is 24.3 Å². The SMILES string of the molecule is C=C(/N=C1\C(=C/N)CC(=O)N1C(CC)CC)Nc1ccc(C(=O)NC)cc1. The predicted molar refractivity (Wildman–Crippen MR) is 108 cm³/mol. The number of carbonyl (C=O) groups is 2. The highest BCUT2D eigenvalue weighted by atomic mass is 16.2. The molecule has 1 saturated heterocycles. The number of nitrogens with two attached hydrogens (primary N) is 1. The Morgan fingerprint density at radius 2 is 1.96 bits per heavy atom. The predicted octanol–water partition coefficient (Wildman–Crippen LogP) is 2.59. The normalized spacial score (nSPS) is 17.0. The minimum absolute atomic E-state index is 0.00174. The van der Waals surface area contributed by atoms with E-state index in [4.69, 9.17) is 5.73 Å². The molecule has 4 N–H and O–H groups in total. The quantitative estimate of drug-likeness (QED) is 0.688. The van der Waals surface area contributed by atoms with Crippen LogP contribution in [-0.2, 0) is 4.79 Å². The van der Waals surface area contributed by atoms with Gasteiger partial charge in [-0.15, -0.1) is 0 Å². The zero-order chi connectivity index (χ0) is 20.0. The molecule has 2 rings (SSSR count). The minimum Gasteiger partial charge on any atom is -0.404 e. The van der Waals surface area contributed by atoms with Crippen LogP contribution in [0.5, 0.6) is 0 Å². The minimum atomic E-state index is -0.149. The van der Waals surface area contributed by atoms with Gasteiger partial charge in [-0.1, -0.05) is 20.4 Å². The van der Waals surface area contributed by atoms with Gasteiger partial charge in [-0.05, 0) is 37.1 Å². The fourth-order valence-electron chi connectivity index (χ4n) is 3.06. The van der Waals surface area contributed by atoms with E-state index in [0.717, 1.165) is 18.5 Å². The number of likely N-dealkylation sites (tertiary alicyclic amines) is 1. The first-order chi connectivity index (χ1) is 12.9. The Morgan fingerprint density at radius 3 is 2.48 bits per heavy atom. The molecule has 0 unspecified atom stereocenters. The summed E-state index contributed by atoms with van der Waals surface area (Å²) in [7, 11) is 1.59. The molecule has 1 fully saturated rings. The lowest BCUT2D eigenvalue weighted by Gasteiger charge is -2.26. The Labute approximate surface area is 160 Å². The van der Waals surface area contributed by atoms with Crippen LogP contribution in [0.4, 0.5) is 5.69 Å². The van der Waals surface area contributed by atoms with Gasteiger partial charge in [0.05, 0.1) is 6.42 Å². The molecule has 1 aliphatic heterocycles. The monoisotopic (exact) mass is 369 g/mol. The lowest BCUT2D eigenvalue weighted by atomic mass is 10.1. The number of benzene rings is 1. The second kappa shape index (κ2) is 9.02. The maximum absolute atomic E-state index is 12.4. The van der Waals surface area contributed by atoms with Crippen molar-refractivity contribution in [2.24, 2.45) is 10.7 Å². The molecular weight excluding hydrogens is 342 g/mol. The smallest absolute Gasteiger partial charge is 0.251 e. The molecule has 1 aromatic rings. The number of aliphatic imine (C=N–C) groups is 1. The van der Waals surface area contributed by atoms with Gasteiger partial charge < -0.3 is 16.4 Å². The fourth-order valence-corrected chi connectivity index (χ4v) is 3.06. The average molecular weight is 369 g/mol. The van der Waals surface area contributed by atoms with Crippen molar-refractivity contribution < 1.29 is 9.59 Å². The summed E-state index contributed by atoms with van der Waals surface area (Å²) in [6, 6.07) is 7.04. The summed E-state index contributed by atoms with van der Waals surface area (Å²) in [5.41, 5.74) is 7.72. The number of rotatable bonds is 7. The van der Waals surface area contributed by atoms with Crippen molar-refractivity contribution in [1.29, 1.82) is 0 Å². The lowest BCUT2D eigenvalue weighted by Crippen LogP contribution is -2.39. The molecule has 7 heteroatoms. The highest BCUT2D eigenvalue weighted by Crippen LogP contribution is 2.26. The van der Waals surface area contributed by atoms with Gasteiger partial charge >= 0.3 is 0 Å². The van der Waals surface area contributed by atoms with Crippen molar-refractivity contribution in [3.63, 3.8) is 0 Å². The van der Waals surface area contributed by atoms with E-state index in [1.54, 1.807) is 36.2 Å². The van der Waals surface area contributed by atoms with Crippen LogP contribution in [0.1, 0.15) is 43.5 Å². The number of amides is 2. The second-order valence-electron chi connectivity index (χ2n) is 6.27. The first-order valence-electron chi connectivity index (χ1n) is 9.05. The molecule has 1 aromatic carbocycles. The molecule has 1 aliphatic rings. The van der Waals surface area contributed by atoms with E-state index in [1.165, 1.54) is 6.20 Å². The molecule has 0 bridgehead atoms. The van der Waals surface area contributed by atoms with Gasteiger partial charge in [-0.2, -0.15) is 0 Å². The Morgan fingerprint density at radius 1 is 1.33 bits per heavy atom. The van der Waals surface area contributed by atoms with Crippen LogP contribution in [0, 0.1) is 0 Å². The van der Waals surface area contributed by atoms with Crippen LogP contribution in [-0.4, -0.2) is 35.6 Å². The number of amidine groups is 1. The van der Waals surface area contributed by atoms with E-state index in [0.29, 0.717) is 22.8 Å². The Kier molecular flexibility index (Phi) is 6.76. The fraction of sp³-hybridized carbons (Fsp3) is 0.350. The summed E-state index contributed by atoms with van der Waals surface area (Å²) in [6.45, 7) is 8.03. The zero-order valence-electron chi connectivity index (χ0n) is 16.1. The van der Waals surface area contributed by atoms with Crippen LogP contribution >= 0.6 is 0 Å². The third kappa shape index (κ3) is 4.55. The van der Waals surface area contributed by atoms with Gasteiger partial charge in [-0.3, -0.25) is 14.5 Å². The number of anilines is 1. The topological polar surface area (TPSA) is 99.8 Å². The van der Waals surface area contributed by atoms with E-state index < -0.39 is 0 Å². The Hall–Kier alpha value is -3.09. The molecule has 0 aliphatic carbocycles. The van der Waals surface area contributed by atoms with E-state index in [2.05, 4.69) is 22.2 Å². The van der Waals surface area contributed by atoms with Crippen LogP contribution in [0.15, 0.2) is 53.4 Å². The van der Waals surface area contributed by atoms with Crippen molar-refractivity contribution in [2.75, 3.05) is 12.4 Å². The lowest BCUT2D eigenvalue weighted by molar-refractivity contribution is -0.127. The first kappa shape index (κ1) is 20.2. The van der Waals surface area contributed by atoms with Crippen molar-refractivity contribution in [2.45, 2.75) is 39.2 Å². The molecule has 1 heterocycles. The summed E-state index contributed by atoms with van der Waals surface area (Å²) in [4.78, 5) is 30.3. The van der Waals surface area contributed by atoms with Gasteiger partial charge in [0.2, 0.25) is 5.91 Å². The Balaban J connectivity index is 2.22. The highest BCUT2D eigenvalue weighted by molar-refractivity contribution is 6.16. The summed E-state index contributed by atoms with van der Waals surface area (Å²) in [6.07, 6.45) is 3.35. The summed E-state index contributed by atoms with van der Waals surface area (Å²) < 4.78 is 0. The van der Waals surface area contributed by atoms with Gasteiger partial charge in [0.15, 0.2) is 0 Å². The highest BCUT2D eigenvalue weighted by Gasteiger charge is 2.35. The van der Waals surface area contributed by atoms with E-state index in [1.807, 2.05) is 13.8 Å². The number of hydrogen-bond acceptors (Lipinski definition) is 5. The molecular formula is C20H27N5O2. The number of nitrogens with one attached hydrogen (secondary N) is 2. The molecule has 2 amide bonds. The van der Waals surface area contributed by atoms with Crippen molar-refractivity contribution >= 4 is 23.3 Å². The number of carbonyl (C=O) groups excluding carboxylic acids is 2. The molecule has 7 nitrogen and oxygen atoms in total. The van der Waals surface area contributed by atoms with Gasteiger partial charge in [-0.25, -0.2) is 4.99 Å². The maximum Gasteiger partial charge on any atom is 0.251 e. The van der Waals surface area contributed by atoms with Crippen LogP contribution < -0.4 is 16.4 Å². The molecule has 0 spiro atoms. The molecule has 144 valence electrons. The van der Waals surface area contributed by atoms with Crippen LogP contribution in [0.2, 0.25) is 0 Å². The van der Waals surface area contributed by atoms with Gasteiger partial charge in [0.25, 0.3) is 5.91 Å². The van der Waals surface area contributed by atoms with Crippen molar-refractivity contribution in [3.8, 4) is 0 Å². The van der Waals surface area contributed by atoms with Crippen LogP contribution in [0.3, 0.4) is 0 Å². The second-order valence-corrected chi connectivity index (χ2v) is 6.27. The summed E-state index contributed by atoms with van der Waals surface area (Å²) in [5.74, 6) is 0.795. The molecule has 0 atom stereocenters. The molecule has 0 radical (unpaired) electrons. The van der Waals surface area contributed by atoms with E-state index in [9.17, 15) is 9.59 Å². The Bertz CT molecular complexity index is 776. The maximum atomic E-state index is 12.4. The largest absolute Gasteiger partial charge is 0.404 e.